The molecule has 3 fully saturated rings. The number of carbonyl (C=O) groups is 1. The number of pyridine rings is 1. The average Bonchev–Trinajstić information content (AvgIpc) is 3.69. The molecule has 1 amide bonds. The minimum absolute atomic E-state index is 0.0323. The van der Waals surface area contributed by atoms with Crippen LogP contribution in [-0.4, -0.2) is 66.3 Å². The molecule has 1 aromatic carbocycles. The number of hydrogen-bond donors (Lipinski definition) is 3. The van der Waals surface area contributed by atoms with Gasteiger partial charge in [0.2, 0.25) is 0 Å². The number of anilines is 1. The number of rotatable bonds is 5. The van der Waals surface area contributed by atoms with E-state index in [0.29, 0.717) is 31.5 Å². The number of fused-ring (bicyclic) bond motifs is 3. The third-order valence-electron chi connectivity index (χ3n) is 8.13. The maximum Gasteiger partial charge on any atom is 0.258 e. The molecule has 39 heavy (non-hydrogen) atoms. The van der Waals surface area contributed by atoms with Crippen LogP contribution in [0.25, 0.3) is 5.57 Å². The lowest BCUT2D eigenvalue weighted by atomic mass is 9.98. The molecule has 7 rings (SSSR count). The molecular weight excluding hydrogens is 521 g/mol. The lowest BCUT2D eigenvalue weighted by Gasteiger charge is -2.27. The van der Waals surface area contributed by atoms with E-state index in [-0.39, 0.29) is 22.7 Å². The Balaban J connectivity index is 1.07. The van der Waals surface area contributed by atoms with E-state index in [1.165, 1.54) is 17.7 Å². The summed E-state index contributed by atoms with van der Waals surface area (Å²) >= 11 is 6.14. The molecule has 11 heteroatoms. The van der Waals surface area contributed by atoms with Gasteiger partial charge in [0.1, 0.15) is 23.6 Å². The van der Waals surface area contributed by atoms with Gasteiger partial charge in [0.05, 0.1) is 29.1 Å². The quantitative estimate of drug-likeness (QED) is 0.525. The van der Waals surface area contributed by atoms with Crippen molar-refractivity contribution in [3.63, 3.8) is 0 Å². The number of hydrogen-bond acceptors (Lipinski definition) is 8. The number of ether oxygens (including phenoxy) is 1. The number of allylic oxidation sites excluding steroid dienone is 2. The van der Waals surface area contributed by atoms with Gasteiger partial charge in [-0.25, -0.2) is 20.2 Å². The lowest BCUT2D eigenvalue weighted by molar-refractivity contribution is 0.0778. The highest BCUT2D eigenvalue weighted by Crippen LogP contribution is 2.39. The first-order valence-corrected chi connectivity index (χ1v) is 13.7. The van der Waals surface area contributed by atoms with Gasteiger partial charge in [0, 0.05) is 67.5 Å². The van der Waals surface area contributed by atoms with Crippen molar-refractivity contribution in [2.75, 3.05) is 44.2 Å². The molecule has 9 nitrogen and oxygen atoms in total. The van der Waals surface area contributed by atoms with Gasteiger partial charge in [-0.3, -0.25) is 15.2 Å². The highest BCUT2D eigenvalue weighted by Gasteiger charge is 2.43. The summed E-state index contributed by atoms with van der Waals surface area (Å²) < 4.78 is 20.2. The zero-order chi connectivity index (χ0) is 26.7. The Hall–Kier alpha value is -3.44. The van der Waals surface area contributed by atoms with Crippen molar-refractivity contribution in [1.82, 2.24) is 31.2 Å². The fourth-order valence-electron chi connectivity index (χ4n) is 6.31. The third kappa shape index (κ3) is 4.19. The Morgan fingerprint density at radius 3 is 2.72 bits per heavy atom. The van der Waals surface area contributed by atoms with Crippen LogP contribution in [0.3, 0.4) is 0 Å². The Labute approximate surface area is 230 Å². The molecule has 3 saturated heterocycles. The maximum absolute atomic E-state index is 14.3. The number of amides is 1. The number of carbonyl (C=O) groups excluding carboxylic acids is 1. The zero-order valence-electron chi connectivity index (χ0n) is 21.5. The minimum atomic E-state index is -0.573. The van der Waals surface area contributed by atoms with E-state index in [1.54, 1.807) is 11.0 Å². The van der Waals surface area contributed by atoms with E-state index in [0.717, 1.165) is 48.0 Å². The van der Waals surface area contributed by atoms with E-state index < -0.39 is 5.82 Å². The van der Waals surface area contributed by atoms with Crippen LogP contribution in [-0.2, 0) is 4.74 Å². The molecule has 6 heterocycles. The summed E-state index contributed by atoms with van der Waals surface area (Å²) in [7, 11) is 0. The second-order valence-corrected chi connectivity index (χ2v) is 10.9. The van der Waals surface area contributed by atoms with Gasteiger partial charge in [-0.05, 0) is 37.3 Å². The van der Waals surface area contributed by atoms with Crippen molar-refractivity contribution in [1.29, 1.82) is 0 Å². The lowest BCUT2D eigenvalue weighted by Crippen LogP contribution is -2.44. The van der Waals surface area contributed by atoms with E-state index >= 15 is 0 Å². The molecular formula is C28H29ClFN7O2. The normalized spacial score (nSPS) is 25.5. The molecule has 5 aliphatic heterocycles. The first kappa shape index (κ1) is 24.6. The van der Waals surface area contributed by atoms with Crippen molar-refractivity contribution in [2.45, 2.75) is 13.1 Å². The van der Waals surface area contributed by atoms with Crippen LogP contribution in [0, 0.1) is 17.7 Å². The molecule has 1 aromatic heterocycles. The summed E-state index contributed by atoms with van der Waals surface area (Å²) in [5.41, 5.74) is 14.3. The second kappa shape index (κ2) is 9.63. The second-order valence-electron chi connectivity index (χ2n) is 10.5. The molecule has 1 unspecified atom stereocenters. The van der Waals surface area contributed by atoms with E-state index in [4.69, 9.17) is 21.3 Å². The maximum atomic E-state index is 14.3. The topological polar surface area (TPSA) is 85.0 Å². The zero-order valence-corrected chi connectivity index (χ0v) is 22.2. The Kier molecular flexibility index (Phi) is 6.07. The van der Waals surface area contributed by atoms with E-state index in [1.807, 2.05) is 24.3 Å². The summed E-state index contributed by atoms with van der Waals surface area (Å²) in [5.74, 6) is 1.43. The van der Waals surface area contributed by atoms with Gasteiger partial charge in [-0.15, -0.1) is 0 Å². The van der Waals surface area contributed by atoms with Gasteiger partial charge in [-0.1, -0.05) is 17.7 Å². The Morgan fingerprint density at radius 1 is 1.18 bits per heavy atom. The fourth-order valence-corrected chi connectivity index (χ4v) is 6.55. The van der Waals surface area contributed by atoms with Crippen LogP contribution in [0.5, 0.6) is 0 Å². The SMILES string of the molecule is CCOC1=CN2NC3NNCC3=C2C(c2ccc(N3C[C@H]4CN(C(=O)c5c(F)cccc5Cl)C[C@H]4C3)nc2)=C1. The highest BCUT2D eigenvalue weighted by molar-refractivity contribution is 6.33. The van der Waals surface area contributed by atoms with E-state index in [2.05, 4.69) is 39.4 Å². The van der Waals surface area contributed by atoms with Gasteiger partial charge < -0.3 is 14.5 Å². The summed E-state index contributed by atoms with van der Waals surface area (Å²) in [6.07, 6.45) is 6.02. The number of halogens is 2. The van der Waals surface area contributed by atoms with Gasteiger partial charge in [0.15, 0.2) is 0 Å². The van der Waals surface area contributed by atoms with Gasteiger partial charge in [-0.2, -0.15) is 0 Å². The van der Waals surface area contributed by atoms with Gasteiger partial charge in [0.25, 0.3) is 5.91 Å². The largest absolute Gasteiger partial charge is 0.492 e. The summed E-state index contributed by atoms with van der Waals surface area (Å²) in [5, 5.41) is 2.19. The summed E-state index contributed by atoms with van der Waals surface area (Å²) in [6, 6.07) is 8.53. The minimum Gasteiger partial charge on any atom is -0.492 e. The highest BCUT2D eigenvalue weighted by atomic mass is 35.5. The molecule has 0 bridgehead atoms. The molecule has 0 saturated carbocycles. The smallest absolute Gasteiger partial charge is 0.258 e. The summed E-state index contributed by atoms with van der Waals surface area (Å²) in [4.78, 5) is 21.9. The van der Waals surface area contributed by atoms with Crippen molar-refractivity contribution >= 4 is 28.9 Å². The molecule has 2 aromatic rings. The molecule has 5 aliphatic rings. The first-order chi connectivity index (χ1) is 19.0. The predicted octanol–water partition coefficient (Wildman–Crippen LogP) is 2.87. The van der Waals surface area contributed by atoms with Crippen molar-refractivity contribution in [3.05, 3.63) is 87.8 Å². The third-order valence-corrected chi connectivity index (χ3v) is 8.44. The van der Waals surface area contributed by atoms with E-state index in [9.17, 15) is 9.18 Å². The van der Waals surface area contributed by atoms with Crippen LogP contribution in [0.1, 0.15) is 22.8 Å². The molecule has 3 atom stereocenters. The number of benzene rings is 1. The Morgan fingerprint density at radius 2 is 2.00 bits per heavy atom. The molecule has 0 radical (unpaired) electrons. The molecule has 202 valence electrons. The molecule has 3 N–H and O–H groups in total. The van der Waals surface area contributed by atoms with Gasteiger partial charge >= 0.3 is 0 Å². The van der Waals surface area contributed by atoms with Crippen molar-refractivity contribution in [3.8, 4) is 0 Å². The first-order valence-electron chi connectivity index (χ1n) is 13.3. The number of aromatic nitrogens is 1. The van der Waals surface area contributed by atoms with Crippen LogP contribution in [0.15, 0.2) is 65.8 Å². The van der Waals surface area contributed by atoms with Crippen molar-refractivity contribution < 1.29 is 13.9 Å². The van der Waals surface area contributed by atoms with Crippen LogP contribution >= 0.6 is 11.6 Å². The Bertz CT molecular complexity index is 1390. The van der Waals surface area contributed by atoms with Crippen LogP contribution in [0.4, 0.5) is 10.2 Å². The molecule has 0 spiro atoms. The summed E-state index contributed by atoms with van der Waals surface area (Å²) in [6.45, 7) is 6.10. The average molecular weight is 550 g/mol. The number of nitrogens with one attached hydrogen (secondary N) is 3. The standard InChI is InChI=1S/C28H29ClFN7O2/c1-2-39-19-8-20(26-21-10-32-33-27(21)34-37(26)15-19)16-6-7-24(31-9-16)35-11-17-13-36(14-18(17)12-35)28(38)25-22(29)4-3-5-23(25)30/h3-9,15,17-18,27,32-34H,2,10-14H2,1H3/t17-,18+,27?. The number of hydrazine groups is 2. The predicted molar refractivity (Wildman–Crippen MR) is 145 cm³/mol. The van der Waals surface area contributed by atoms with Crippen LogP contribution in [0.2, 0.25) is 5.02 Å². The van der Waals surface area contributed by atoms with Crippen molar-refractivity contribution in [2.24, 2.45) is 11.8 Å². The number of nitrogens with zero attached hydrogens (tertiary/aromatic N) is 4. The molecule has 0 aliphatic carbocycles. The fraction of sp³-hybridized carbons (Fsp3) is 0.357. The van der Waals surface area contributed by atoms with Crippen LogP contribution < -0.4 is 21.2 Å². The monoisotopic (exact) mass is 549 g/mol. The number of likely N-dealkylation sites (tertiary alicyclic amines) is 1.